The van der Waals surface area contributed by atoms with E-state index in [1.54, 1.807) is 0 Å². The van der Waals surface area contributed by atoms with Gasteiger partial charge in [-0.2, -0.15) is 0 Å². The van der Waals surface area contributed by atoms with Crippen LogP contribution in [0.2, 0.25) is 0 Å². The Hall–Kier alpha value is 0.240. The number of carbonyl (C=O) groups is 1. The fraction of sp³-hybridized carbons (Fsp3) is 0.833. The van der Waals surface area contributed by atoms with Gasteiger partial charge in [0, 0.05) is 0 Å². The molecule has 4 N–H and O–H groups in total. The van der Waals surface area contributed by atoms with Gasteiger partial charge < -0.3 is 0 Å². The number of alkyl halides is 1. The first-order chi connectivity index (χ1) is 6.04. The number of rotatable bonds is 6. The number of carbonyl (C=O) groups excluding carboxylic acids is 1. The van der Waals surface area contributed by atoms with E-state index in [2.05, 4.69) is 0 Å². The first kappa shape index (κ1) is 10.3. The minimum atomic E-state index is -1.70. The molecule has 0 aromatic carbocycles. The Bertz CT molecular complexity index is 158. The molecule has 12 heavy (non-hydrogen) atoms. The van der Waals surface area contributed by atoms with Crippen molar-refractivity contribution >= 4 is 6.29 Å². The zero-order valence-electron chi connectivity index (χ0n) is 7.17. The van der Waals surface area contributed by atoms with E-state index in [1.165, 1.54) is 0 Å². The van der Waals surface area contributed by atoms with Crippen LogP contribution < -0.4 is 22.4 Å². The fourth-order valence-corrected chi connectivity index (χ4v) is 1.12. The van der Waals surface area contributed by atoms with Gasteiger partial charge in [-0.15, -0.1) is 0 Å². The molecule has 0 radical (unpaired) electrons. The molecule has 74 valence electrons. The van der Waals surface area contributed by atoms with E-state index in [0.717, 1.165) is 0 Å². The fourth-order valence-electron chi connectivity index (χ4n) is 0.601. The molecule has 0 spiro atoms. The maximum atomic E-state index is 10.00. The van der Waals surface area contributed by atoms with E-state index >= 15 is 0 Å². The number of hydrogen-bond acceptors (Lipinski definition) is 5. The number of aliphatic hydroxyl groups is 4. The van der Waals surface area contributed by atoms with Gasteiger partial charge in [0.25, 0.3) is 0 Å². The Morgan fingerprint density at radius 1 is 1.33 bits per heavy atom. The summed E-state index contributed by atoms with van der Waals surface area (Å²) >= 11 is -0.957. The maximum absolute atomic E-state index is 10.00. The predicted molar refractivity (Wildman–Crippen MR) is 36.4 cm³/mol. The van der Waals surface area contributed by atoms with E-state index in [0.29, 0.717) is 0 Å². The molecule has 0 aromatic rings. The summed E-state index contributed by atoms with van der Waals surface area (Å²) < 4.78 is 6.93. The van der Waals surface area contributed by atoms with Crippen molar-refractivity contribution in [3.63, 3.8) is 0 Å². The normalized spacial score (nSPS) is 22.5. The number of hydrogen-bond donors (Lipinski definition) is 4. The molecule has 4 atom stereocenters. The van der Waals surface area contributed by atoms with Crippen molar-refractivity contribution in [2.45, 2.75) is 24.4 Å². The van der Waals surface area contributed by atoms with Crippen LogP contribution >= 0.6 is 0 Å². The van der Waals surface area contributed by atoms with E-state index in [9.17, 15) is 4.79 Å². The molecular formula is C6H12IO5-. The minimum absolute atomic E-state index is 0.0797. The van der Waals surface area contributed by atoms with Crippen LogP contribution in [0.5, 0.6) is 0 Å². The summed E-state index contributed by atoms with van der Waals surface area (Å²) in [7, 11) is 0. The third-order valence-corrected chi connectivity index (χ3v) is 2.29. The van der Waals surface area contributed by atoms with Gasteiger partial charge in [0.15, 0.2) is 0 Å². The number of aldehydes is 1. The second kappa shape index (κ2) is 5.81. The predicted octanol–water partition coefficient (Wildman–Crippen LogP) is -6.09. The van der Waals surface area contributed by atoms with Crippen molar-refractivity contribution in [1.29, 1.82) is 0.594 Å². The molecule has 0 amide bonds. The van der Waals surface area contributed by atoms with E-state index < -0.39 is 46.8 Å². The van der Waals surface area contributed by atoms with Crippen LogP contribution in [0.3, 0.4) is 0 Å². The van der Waals surface area contributed by atoms with Crippen LogP contribution in [-0.4, -0.2) is 56.1 Å². The van der Waals surface area contributed by atoms with Crippen molar-refractivity contribution in [1.82, 2.24) is 0 Å². The molecule has 0 heterocycles. The van der Waals surface area contributed by atoms with Crippen LogP contribution in [0.25, 0.3) is 0 Å². The van der Waals surface area contributed by atoms with Gasteiger partial charge in [-0.25, -0.2) is 0 Å². The number of halogens is 1. The molecule has 0 saturated carbocycles. The van der Waals surface area contributed by atoms with Crippen LogP contribution in [-0.2, 0) is 4.79 Å². The van der Waals surface area contributed by atoms with Crippen molar-refractivity contribution in [3.8, 4) is 0 Å². The van der Waals surface area contributed by atoms with Gasteiger partial charge in [-0.3, -0.25) is 0 Å². The van der Waals surface area contributed by atoms with Gasteiger partial charge in [-0.05, 0) is 0 Å². The Morgan fingerprint density at radius 3 is 2.33 bits per heavy atom. The van der Waals surface area contributed by atoms with Crippen LogP contribution in [0.4, 0.5) is 0 Å². The van der Waals surface area contributed by atoms with Crippen LogP contribution in [0.1, 0.15) is 0 Å². The third-order valence-electron chi connectivity index (χ3n) is 1.39. The molecule has 0 rings (SSSR count). The van der Waals surface area contributed by atoms with Gasteiger partial charge in [0.2, 0.25) is 0 Å². The molecule has 0 unspecified atom stereocenters. The standard InChI is InChI=1S/C6H12IO5/c7-1-3(9)5(11)6(12)4(10)2-8/h2-7,9-12H,1H2/q-1/t3-,4+,5-,6-/m1/s1/i7D. The van der Waals surface area contributed by atoms with Gasteiger partial charge in [0.1, 0.15) is 0 Å². The summed E-state index contributed by atoms with van der Waals surface area (Å²) in [6, 6.07) is 0. The van der Waals surface area contributed by atoms with Crippen molar-refractivity contribution < 1.29 is 47.6 Å². The SMILES string of the molecule is [2H][I-]C[C@@H](O)[C@@H](O)[C@H](O)[C@@H](O)C=O. The summed E-state index contributed by atoms with van der Waals surface area (Å²) in [5, 5.41) is 36.1. The average Bonchev–Trinajstić information content (AvgIpc) is 2.14. The zero-order chi connectivity index (χ0) is 10.4. The van der Waals surface area contributed by atoms with Gasteiger partial charge in [0.05, 0.1) is 0 Å². The Labute approximate surface area is 83.6 Å². The molecule has 0 aliphatic rings. The van der Waals surface area contributed by atoms with Crippen molar-refractivity contribution in [2.24, 2.45) is 0 Å². The quantitative estimate of drug-likeness (QED) is 0.222. The Kier molecular flexibility index (Phi) is 5.00. The molecule has 0 bridgehead atoms. The van der Waals surface area contributed by atoms with Crippen molar-refractivity contribution in [3.05, 3.63) is 0 Å². The summed E-state index contributed by atoms with van der Waals surface area (Å²) in [4.78, 5) is 10.00. The van der Waals surface area contributed by atoms with E-state index in [4.69, 9.17) is 21.0 Å². The van der Waals surface area contributed by atoms with Crippen LogP contribution in [0, 0.1) is 0 Å². The first-order valence-electron chi connectivity index (χ1n) is 3.66. The Morgan fingerprint density at radius 2 is 1.92 bits per heavy atom. The second-order valence-corrected chi connectivity index (χ2v) is 3.21. The third kappa shape index (κ3) is 3.31. The zero-order valence-corrected chi connectivity index (χ0v) is 8.33. The summed E-state index contributed by atoms with van der Waals surface area (Å²) in [5.74, 6) is 0. The van der Waals surface area contributed by atoms with E-state index in [1.807, 2.05) is 0 Å². The molecule has 0 aliphatic carbocycles. The molecular weight excluding hydrogens is 279 g/mol. The Balaban J connectivity index is 4.06. The summed E-state index contributed by atoms with van der Waals surface area (Å²) in [6.07, 6.45) is -6.15. The second-order valence-electron chi connectivity index (χ2n) is 2.33. The average molecular weight is 292 g/mol. The molecule has 5 nitrogen and oxygen atoms in total. The number of aliphatic hydroxyl groups excluding tert-OH is 4. The molecule has 0 aliphatic heterocycles. The molecule has 0 saturated heterocycles. The molecule has 0 fully saturated rings. The van der Waals surface area contributed by atoms with Crippen molar-refractivity contribution in [2.75, 3.05) is 4.43 Å². The van der Waals surface area contributed by atoms with Gasteiger partial charge >= 0.3 is 83.3 Å². The summed E-state index contributed by atoms with van der Waals surface area (Å²) in [5.41, 5.74) is 0. The molecule has 0 aromatic heterocycles. The topological polar surface area (TPSA) is 98.0 Å². The van der Waals surface area contributed by atoms with Crippen LogP contribution in [0.15, 0.2) is 0 Å². The van der Waals surface area contributed by atoms with E-state index in [-0.39, 0.29) is 10.7 Å². The first-order valence-corrected chi connectivity index (χ1v) is 4.80. The van der Waals surface area contributed by atoms with Gasteiger partial charge in [-0.1, -0.05) is 0 Å². The molecule has 6 heteroatoms. The monoisotopic (exact) mass is 292 g/mol. The summed E-state index contributed by atoms with van der Waals surface area (Å²) in [6.45, 7) is 0.